The van der Waals surface area contributed by atoms with Gasteiger partial charge in [0.05, 0.1) is 18.4 Å². The molecule has 2 aromatic rings. The summed E-state index contributed by atoms with van der Waals surface area (Å²) in [5.41, 5.74) is 0.346. The van der Waals surface area contributed by atoms with E-state index in [1.807, 2.05) is 0 Å². The number of hydrogen-bond acceptors (Lipinski definition) is 3. The third-order valence-corrected chi connectivity index (χ3v) is 2.10. The molecule has 0 amide bonds. The first-order valence-electron chi connectivity index (χ1n) is 4.32. The standard InChI is InChI=1S/C10H8ClFN2O/c11-7-1-2-9(12)10(3-7)14-5-8-4-13-6-15-8/h1-4,6,14H,5H2. The van der Waals surface area contributed by atoms with Crippen LogP contribution in [0.5, 0.6) is 0 Å². The van der Waals surface area contributed by atoms with Crippen molar-refractivity contribution < 1.29 is 8.81 Å². The molecule has 1 heterocycles. The van der Waals surface area contributed by atoms with E-state index < -0.39 is 0 Å². The van der Waals surface area contributed by atoms with Gasteiger partial charge in [-0.2, -0.15) is 0 Å². The molecule has 0 radical (unpaired) electrons. The van der Waals surface area contributed by atoms with Crippen LogP contribution in [0.2, 0.25) is 5.02 Å². The van der Waals surface area contributed by atoms with Crippen molar-refractivity contribution in [2.24, 2.45) is 0 Å². The molecule has 0 unspecified atom stereocenters. The largest absolute Gasteiger partial charge is 0.447 e. The van der Waals surface area contributed by atoms with Crippen LogP contribution in [-0.2, 0) is 6.54 Å². The summed E-state index contributed by atoms with van der Waals surface area (Å²) in [7, 11) is 0. The topological polar surface area (TPSA) is 38.1 Å². The second-order valence-electron chi connectivity index (χ2n) is 2.95. The van der Waals surface area contributed by atoms with Crippen molar-refractivity contribution in [3.63, 3.8) is 0 Å². The minimum Gasteiger partial charge on any atom is -0.447 e. The van der Waals surface area contributed by atoms with Gasteiger partial charge in [0.15, 0.2) is 6.39 Å². The zero-order valence-corrected chi connectivity index (χ0v) is 8.46. The number of halogens is 2. The molecule has 3 nitrogen and oxygen atoms in total. The first kappa shape index (κ1) is 9.98. The molecule has 15 heavy (non-hydrogen) atoms. The van der Waals surface area contributed by atoms with E-state index in [1.165, 1.54) is 24.6 Å². The third-order valence-electron chi connectivity index (χ3n) is 1.86. The van der Waals surface area contributed by atoms with E-state index in [9.17, 15) is 4.39 Å². The maximum Gasteiger partial charge on any atom is 0.180 e. The van der Waals surface area contributed by atoms with Gasteiger partial charge < -0.3 is 9.73 Å². The first-order chi connectivity index (χ1) is 7.25. The van der Waals surface area contributed by atoms with Crippen molar-refractivity contribution in [2.75, 3.05) is 5.32 Å². The molecular weight excluding hydrogens is 219 g/mol. The summed E-state index contributed by atoms with van der Waals surface area (Å²) in [6.07, 6.45) is 2.89. The molecule has 0 atom stereocenters. The maximum atomic E-state index is 13.2. The van der Waals surface area contributed by atoms with Gasteiger partial charge in [0, 0.05) is 5.02 Å². The first-order valence-corrected chi connectivity index (χ1v) is 4.70. The van der Waals surface area contributed by atoms with Crippen LogP contribution in [0.3, 0.4) is 0 Å². The van der Waals surface area contributed by atoms with Crippen LogP contribution in [0.1, 0.15) is 5.76 Å². The number of aromatic nitrogens is 1. The highest BCUT2D eigenvalue weighted by atomic mass is 35.5. The summed E-state index contributed by atoms with van der Waals surface area (Å²) in [4.78, 5) is 3.75. The average Bonchev–Trinajstić information content (AvgIpc) is 2.72. The van der Waals surface area contributed by atoms with Gasteiger partial charge in [-0.3, -0.25) is 0 Å². The molecule has 1 aromatic heterocycles. The smallest absolute Gasteiger partial charge is 0.180 e. The van der Waals surface area contributed by atoms with Gasteiger partial charge in [0.25, 0.3) is 0 Å². The van der Waals surface area contributed by atoms with Crippen LogP contribution >= 0.6 is 11.6 Å². The molecule has 0 spiro atoms. The molecule has 0 aliphatic carbocycles. The highest BCUT2D eigenvalue weighted by Gasteiger charge is 2.03. The second kappa shape index (κ2) is 4.31. The fourth-order valence-corrected chi connectivity index (χ4v) is 1.32. The maximum absolute atomic E-state index is 13.2. The molecular formula is C10H8ClFN2O. The Kier molecular flexibility index (Phi) is 2.87. The third kappa shape index (κ3) is 2.47. The zero-order valence-electron chi connectivity index (χ0n) is 7.71. The molecule has 0 saturated carbocycles. The normalized spacial score (nSPS) is 10.3. The highest BCUT2D eigenvalue weighted by molar-refractivity contribution is 6.30. The van der Waals surface area contributed by atoms with E-state index in [0.29, 0.717) is 23.0 Å². The number of rotatable bonds is 3. The van der Waals surface area contributed by atoms with Gasteiger partial charge in [-0.1, -0.05) is 11.6 Å². The summed E-state index contributed by atoms with van der Waals surface area (Å²) in [6.45, 7) is 0.372. The lowest BCUT2D eigenvalue weighted by atomic mass is 10.3. The average molecular weight is 227 g/mol. The van der Waals surface area contributed by atoms with Crippen molar-refractivity contribution in [2.45, 2.75) is 6.54 Å². The number of hydrogen-bond donors (Lipinski definition) is 1. The van der Waals surface area contributed by atoms with Crippen LogP contribution in [0.15, 0.2) is 35.2 Å². The predicted molar refractivity (Wildman–Crippen MR) is 55.2 cm³/mol. The van der Waals surface area contributed by atoms with E-state index >= 15 is 0 Å². The van der Waals surface area contributed by atoms with Gasteiger partial charge in [0.1, 0.15) is 11.6 Å². The van der Waals surface area contributed by atoms with E-state index in [1.54, 1.807) is 6.20 Å². The molecule has 0 saturated heterocycles. The van der Waals surface area contributed by atoms with E-state index in [4.69, 9.17) is 16.0 Å². The number of benzene rings is 1. The zero-order chi connectivity index (χ0) is 10.7. The number of nitrogens with zero attached hydrogens (tertiary/aromatic N) is 1. The minimum atomic E-state index is -0.348. The van der Waals surface area contributed by atoms with Crippen molar-refractivity contribution in [1.82, 2.24) is 4.98 Å². The van der Waals surface area contributed by atoms with Crippen LogP contribution < -0.4 is 5.32 Å². The Morgan fingerprint density at radius 1 is 1.47 bits per heavy atom. The van der Waals surface area contributed by atoms with Crippen LogP contribution in [0.25, 0.3) is 0 Å². The van der Waals surface area contributed by atoms with Gasteiger partial charge in [0.2, 0.25) is 0 Å². The Morgan fingerprint density at radius 2 is 2.33 bits per heavy atom. The molecule has 2 rings (SSSR count). The van der Waals surface area contributed by atoms with Gasteiger partial charge in [-0.15, -0.1) is 0 Å². The predicted octanol–water partition coefficient (Wildman–Crippen LogP) is 3.08. The number of nitrogens with one attached hydrogen (secondary N) is 1. The van der Waals surface area contributed by atoms with Crippen molar-refractivity contribution in [1.29, 1.82) is 0 Å². The molecule has 0 aliphatic rings. The number of oxazole rings is 1. The fourth-order valence-electron chi connectivity index (χ4n) is 1.14. The summed E-state index contributed by atoms with van der Waals surface area (Å²) in [6, 6.07) is 4.33. The number of anilines is 1. The monoisotopic (exact) mass is 226 g/mol. The summed E-state index contributed by atoms with van der Waals surface area (Å²) < 4.78 is 18.2. The molecule has 0 bridgehead atoms. The molecule has 0 aliphatic heterocycles. The van der Waals surface area contributed by atoms with Gasteiger partial charge >= 0.3 is 0 Å². The fraction of sp³-hybridized carbons (Fsp3) is 0.100. The molecule has 1 aromatic carbocycles. The van der Waals surface area contributed by atoms with Crippen molar-refractivity contribution in [3.05, 3.63) is 47.4 Å². The Hall–Kier alpha value is -1.55. The van der Waals surface area contributed by atoms with E-state index in [-0.39, 0.29) is 5.82 Å². The van der Waals surface area contributed by atoms with Crippen LogP contribution in [0, 0.1) is 5.82 Å². The Bertz CT molecular complexity index is 445. The minimum absolute atomic E-state index is 0.346. The Labute approximate surface area is 90.9 Å². The van der Waals surface area contributed by atoms with Crippen molar-refractivity contribution >= 4 is 17.3 Å². The lowest BCUT2D eigenvalue weighted by Gasteiger charge is -2.05. The quantitative estimate of drug-likeness (QED) is 0.874. The second-order valence-corrected chi connectivity index (χ2v) is 3.38. The van der Waals surface area contributed by atoms with E-state index in [2.05, 4.69) is 10.3 Å². The lowest BCUT2D eigenvalue weighted by molar-refractivity contribution is 0.511. The summed E-state index contributed by atoms with van der Waals surface area (Å²) >= 11 is 5.74. The lowest BCUT2D eigenvalue weighted by Crippen LogP contribution is -2.00. The van der Waals surface area contributed by atoms with Gasteiger partial charge in [-0.05, 0) is 18.2 Å². The summed E-state index contributed by atoms with van der Waals surface area (Å²) in [5, 5.41) is 3.35. The molecule has 5 heteroatoms. The van der Waals surface area contributed by atoms with Crippen LogP contribution in [-0.4, -0.2) is 4.98 Å². The van der Waals surface area contributed by atoms with Crippen molar-refractivity contribution in [3.8, 4) is 0 Å². The Balaban J connectivity index is 2.07. The molecule has 78 valence electrons. The SMILES string of the molecule is Fc1ccc(Cl)cc1NCc1cnco1. The summed E-state index contributed by atoms with van der Waals surface area (Å²) in [5.74, 6) is 0.285. The van der Waals surface area contributed by atoms with E-state index in [0.717, 1.165) is 0 Å². The van der Waals surface area contributed by atoms with Gasteiger partial charge in [-0.25, -0.2) is 9.37 Å². The molecule has 1 N–H and O–H groups in total. The highest BCUT2D eigenvalue weighted by Crippen LogP contribution is 2.20. The Morgan fingerprint density at radius 3 is 3.07 bits per heavy atom. The molecule has 0 fully saturated rings. The van der Waals surface area contributed by atoms with Crippen LogP contribution in [0.4, 0.5) is 10.1 Å².